The number of halogens is 6. The summed E-state index contributed by atoms with van der Waals surface area (Å²) >= 11 is 3.53. The molecule has 2 aromatic carbocycles. The topological polar surface area (TPSA) is 20.2 Å². The van der Waals surface area contributed by atoms with Crippen LogP contribution in [0.1, 0.15) is 5.56 Å². The van der Waals surface area contributed by atoms with E-state index in [0.717, 1.165) is 16.0 Å². The van der Waals surface area contributed by atoms with Crippen molar-refractivity contribution in [2.24, 2.45) is 0 Å². The van der Waals surface area contributed by atoms with E-state index in [-0.39, 0.29) is 5.75 Å². The molecule has 0 radical (unpaired) electrons. The number of aromatic hydroxyl groups is 1. The third-order valence-corrected chi connectivity index (χ3v) is 2.80. The molecule has 1 nitrogen and oxygen atoms in total. The molecule has 22 heavy (non-hydrogen) atoms. The molecule has 9 heteroatoms. The van der Waals surface area contributed by atoms with Gasteiger partial charge in [-0.3, -0.25) is 0 Å². The van der Waals surface area contributed by atoms with Crippen molar-refractivity contribution in [3.05, 3.63) is 48.0 Å². The fourth-order valence-electron chi connectivity index (χ4n) is 1.50. The number of benzene rings is 2. The minimum atomic E-state index is -10.7. The van der Waals surface area contributed by atoms with E-state index in [4.69, 9.17) is 0 Å². The minimum absolute atomic E-state index is 0.285. The van der Waals surface area contributed by atoms with Crippen LogP contribution < -0.4 is 0 Å². The summed E-state index contributed by atoms with van der Waals surface area (Å²) in [6.07, 6.45) is 0. The van der Waals surface area contributed by atoms with E-state index >= 15 is 0 Å². The van der Waals surface area contributed by atoms with Gasteiger partial charge in [0.1, 0.15) is 5.75 Å². The maximum absolute atomic E-state index is 10.7. The fraction of sp³-hybridized carbons (Fsp3) is 0.0769. The normalized spacial score (nSPS) is 14.4. The second kappa shape index (κ2) is 5.35. The number of rotatable bonds is 1. The number of aryl methyl sites for hydroxylation is 1. The standard InChI is InChI=1S/C13H12OS.F6P/c1-9-2-4-10(5-3-9)12-8-11(14)6-7-13(12)15;1-7(2,3,4,5)6/h2-8,14-15H,1H3;/q;-1/p+1. The van der Waals surface area contributed by atoms with Gasteiger partial charge in [-0.15, -0.1) is 0 Å². The molecular weight excluding hydrogens is 349 g/mol. The zero-order valence-corrected chi connectivity index (χ0v) is 13.1. The van der Waals surface area contributed by atoms with Gasteiger partial charge in [0, 0.05) is 5.56 Å². The summed E-state index contributed by atoms with van der Waals surface area (Å²) < 4.78 is 59.2. The second-order valence-electron chi connectivity index (χ2n) is 4.55. The first-order chi connectivity index (χ1) is 9.61. The molecular formula is C13H13F6OPS. The Morgan fingerprint density at radius 1 is 0.864 bits per heavy atom. The van der Waals surface area contributed by atoms with E-state index < -0.39 is 7.81 Å². The number of phenolic OH excluding ortho intramolecular Hbond substituents is 1. The molecule has 0 bridgehead atoms. The average Bonchev–Trinajstić information content (AvgIpc) is 2.29. The molecule has 0 saturated heterocycles. The van der Waals surface area contributed by atoms with Gasteiger partial charge >= 0.3 is 33.0 Å². The molecule has 0 heterocycles. The van der Waals surface area contributed by atoms with E-state index in [1.165, 1.54) is 5.56 Å². The predicted octanol–water partition coefficient (Wildman–Crippen LogP) is 6.12. The Kier molecular flexibility index (Phi) is 4.54. The quantitative estimate of drug-likeness (QED) is 0.368. The van der Waals surface area contributed by atoms with Gasteiger partial charge in [-0.1, -0.05) is 29.8 Å². The SMILES string of the molecule is Cc1ccc(-c2cc(O)ccc2[SH2+])cc1.F[P-](F)(F)(F)(F)F. The Labute approximate surface area is 128 Å². The summed E-state index contributed by atoms with van der Waals surface area (Å²) in [7, 11) is -10.7. The molecule has 0 aliphatic heterocycles. The van der Waals surface area contributed by atoms with Crippen LogP contribution in [0.5, 0.6) is 5.75 Å². The second-order valence-corrected chi connectivity index (χ2v) is 7.01. The van der Waals surface area contributed by atoms with Gasteiger partial charge in [-0.2, -0.15) is 0 Å². The Hall–Kier alpha value is -1.40. The third kappa shape index (κ3) is 8.79. The summed E-state index contributed by atoms with van der Waals surface area (Å²) in [5.41, 5.74) is 3.34. The van der Waals surface area contributed by atoms with Crippen LogP contribution in [-0.4, -0.2) is 5.11 Å². The zero-order chi connectivity index (χ0) is 17.2. The first-order valence-electron chi connectivity index (χ1n) is 5.80. The van der Waals surface area contributed by atoms with Crippen LogP contribution in [0.4, 0.5) is 25.2 Å². The van der Waals surface area contributed by atoms with Crippen molar-refractivity contribution < 1.29 is 30.3 Å². The van der Waals surface area contributed by atoms with E-state index in [0.29, 0.717) is 0 Å². The van der Waals surface area contributed by atoms with Crippen LogP contribution >= 0.6 is 7.81 Å². The summed E-state index contributed by atoms with van der Waals surface area (Å²) in [6, 6.07) is 13.5. The van der Waals surface area contributed by atoms with Crippen molar-refractivity contribution in [3.8, 4) is 16.9 Å². The molecule has 124 valence electrons. The molecule has 0 fully saturated rings. The molecule has 2 rings (SSSR count). The Balaban J connectivity index is 0.000000295. The van der Waals surface area contributed by atoms with E-state index in [1.54, 1.807) is 12.1 Å². The van der Waals surface area contributed by atoms with Gasteiger partial charge < -0.3 is 5.11 Å². The van der Waals surface area contributed by atoms with Gasteiger partial charge in [-0.05, 0) is 43.3 Å². The molecule has 0 aromatic heterocycles. The molecule has 0 spiro atoms. The Bertz CT molecular complexity index is 656. The molecule has 0 unspecified atom stereocenters. The monoisotopic (exact) mass is 362 g/mol. The summed E-state index contributed by atoms with van der Waals surface area (Å²) in [5.74, 6) is 0.285. The summed E-state index contributed by atoms with van der Waals surface area (Å²) in [6.45, 7) is 2.06. The van der Waals surface area contributed by atoms with Gasteiger partial charge in [0.05, 0.1) is 0 Å². The number of phenols is 1. The van der Waals surface area contributed by atoms with Crippen molar-refractivity contribution in [1.82, 2.24) is 0 Å². The molecule has 0 amide bonds. The zero-order valence-electron chi connectivity index (χ0n) is 11.2. The first kappa shape index (κ1) is 18.6. The van der Waals surface area contributed by atoms with Gasteiger partial charge in [0.15, 0.2) is 4.90 Å². The molecule has 0 atom stereocenters. The Morgan fingerprint density at radius 3 is 1.77 bits per heavy atom. The van der Waals surface area contributed by atoms with Crippen molar-refractivity contribution in [3.63, 3.8) is 0 Å². The third-order valence-electron chi connectivity index (χ3n) is 2.37. The molecule has 0 aliphatic rings. The predicted molar refractivity (Wildman–Crippen MR) is 80.3 cm³/mol. The van der Waals surface area contributed by atoms with Crippen molar-refractivity contribution >= 4 is 20.4 Å². The first-order valence-corrected chi connectivity index (χ1v) is 8.33. The molecule has 0 aliphatic carbocycles. The number of hydrogen-bond acceptors (Lipinski definition) is 1. The maximum atomic E-state index is 9.87. The van der Waals surface area contributed by atoms with Crippen molar-refractivity contribution in [1.29, 1.82) is 0 Å². The van der Waals surface area contributed by atoms with Crippen LogP contribution in [0.15, 0.2) is 47.4 Å². The van der Waals surface area contributed by atoms with E-state index in [2.05, 4.69) is 31.7 Å². The van der Waals surface area contributed by atoms with Gasteiger partial charge in [0.2, 0.25) is 0 Å². The molecule has 1 N–H and O–H groups in total. The van der Waals surface area contributed by atoms with Crippen LogP contribution in [-0.2, 0) is 12.6 Å². The van der Waals surface area contributed by atoms with Crippen LogP contribution in [0.25, 0.3) is 11.1 Å². The average molecular weight is 362 g/mol. The van der Waals surface area contributed by atoms with Crippen molar-refractivity contribution in [2.75, 3.05) is 0 Å². The van der Waals surface area contributed by atoms with E-state index in [9.17, 15) is 30.3 Å². The molecule has 2 aromatic rings. The van der Waals surface area contributed by atoms with E-state index in [1.807, 2.05) is 18.2 Å². The summed E-state index contributed by atoms with van der Waals surface area (Å²) in [4.78, 5) is 0.983. The Morgan fingerprint density at radius 2 is 1.32 bits per heavy atom. The van der Waals surface area contributed by atoms with Crippen LogP contribution in [0.2, 0.25) is 0 Å². The van der Waals surface area contributed by atoms with Crippen molar-refractivity contribution in [2.45, 2.75) is 11.8 Å². The summed E-state index contributed by atoms with van der Waals surface area (Å²) in [5, 5.41) is 9.43. The van der Waals surface area contributed by atoms with Crippen LogP contribution in [0, 0.1) is 6.92 Å². The molecule has 0 saturated carbocycles. The van der Waals surface area contributed by atoms with Gasteiger partial charge in [0.25, 0.3) is 0 Å². The fourth-order valence-corrected chi connectivity index (χ4v) is 1.80. The van der Waals surface area contributed by atoms with Gasteiger partial charge in [-0.25, -0.2) is 0 Å². The number of hydrogen-bond donors (Lipinski definition) is 1. The van der Waals surface area contributed by atoms with Crippen LogP contribution in [0.3, 0.4) is 0 Å².